The Bertz CT molecular complexity index is 1370. The Labute approximate surface area is 223 Å². The summed E-state index contributed by atoms with van der Waals surface area (Å²) >= 11 is 1.50. The van der Waals surface area contributed by atoms with Crippen molar-refractivity contribution >= 4 is 33.1 Å². The normalized spacial score (nSPS) is 22.5. The van der Waals surface area contributed by atoms with Crippen molar-refractivity contribution in [3.05, 3.63) is 76.2 Å². The summed E-state index contributed by atoms with van der Waals surface area (Å²) < 4.78 is 66.1. The van der Waals surface area contributed by atoms with Crippen molar-refractivity contribution in [1.29, 1.82) is 0 Å². The lowest BCUT2D eigenvalue weighted by molar-refractivity contribution is -0.137. The Morgan fingerprint density at radius 2 is 1.89 bits per heavy atom. The SMILES string of the molecule is CSc1ccc(S(=O)(=O)C[C@H]2C[C@@H](N=[N+]=[N-])CC[C@@H]2N2CCC(c3cccc(C(F)(F)F)c3)=CC2=O)cc1. The number of halogens is 3. The lowest BCUT2D eigenvalue weighted by atomic mass is 9.81. The molecule has 2 aliphatic rings. The zero-order valence-electron chi connectivity index (χ0n) is 20.6. The molecule has 2 aromatic carbocycles. The Kier molecular flexibility index (Phi) is 8.44. The number of sulfone groups is 1. The van der Waals surface area contributed by atoms with Crippen molar-refractivity contribution in [2.45, 2.75) is 53.7 Å². The van der Waals surface area contributed by atoms with Crippen LogP contribution >= 0.6 is 11.8 Å². The summed E-state index contributed by atoms with van der Waals surface area (Å²) in [5.41, 5.74) is 9.00. The van der Waals surface area contributed by atoms with E-state index in [0.717, 1.165) is 17.0 Å². The standard InChI is InChI=1S/C26H27F3N4O3S2/c1-37-22-6-8-23(9-7-22)38(35,36)16-19-14-21(31-32-30)5-10-24(19)33-12-11-18(15-25(33)34)17-3-2-4-20(13-17)26(27,28)29/h2-4,6-9,13,15,19,21,24H,5,10-12,14,16H2,1H3/t19-,21+,24+/m1/s1. The van der Waals surface area contributed by atoms with Crippen LogP contribution in [0.1, 0.15) is 36.8 Å². The van der Waals surface area contributed by atoms with Gasteiger partial charge >= 0.3 is 6.18 Å². The van der Waals surface area contributed by atoms with E-state index in [1.165, 1.54) is 23.9 Å². The average Bonchev–Trinajstić information content (AvgIpc) is 2.89. The fraction of sp³-hybridized carbons (Fsp3) is 0.423. The van der Waals surface area contributed by atoms with Crippen LogP contribution in [0.15, 0.2) is 69.5 Å². The number of alkyl halides is 3. The molecule has 1 saturated carbocycles. The maximum atomic E-state index is 13.3. The average molecular weight is 565 g/mol. The number of carbonyl (C=O) groups excluding carboxylic acids is 1. The van der Waals surface area contributed by atoms with E-state index in [2.05, 4.69) is 10.0 Å². The second-order valence-electron chi connectivity index (χ2n) is 9.49. The van der Waals surface area contributed by atoms with Gasteiger partial charge in [-0.05, 0) is 90.9 Å². The predicted molar refractivity (Wildman–Crippen MR) is 140 cm³/mol. The van der Waals surface area contributed by atoms with E-state index < -0.39 is 33.5 Å². The van der Waals surface area contributed by atoms with E-state index in [9.17, 15) is 26.4 Å². The quantitative estimate of drug-likeness (QED) is 0.169. The van der Waals surface area contributed by atoms with Gasteiger partial charge in [0.05, 0.1) is 16.2 Å². The van der Waals surface area contributed by atoms with Crippen LogP contribution in [0.5, 0.6) is 0 Å². The van der Waals surface area contributed by atoms with Crippen molar-refractivity contribution < 1.29 is 26.4 Å². The molecule has 0 N–H and O–H groups in total. The molecule has 1 aliphatic heterocycles. The molecule has 1 fully saturated rings. The first kappa shape index (κ1) is 28.1. The zero-order valence-corrected chi connectivity index (χ0v) is 22.3. The molecule has 0 unspecified atom stereocenters. The molecule has 202 valence electrons. The van der Waals surface area contributed by atoms with Gasteiger partial charge in [-0.2, -0.15) is 13.2 Å². The van der Waals surface area contributed by atoms with E-state index in [4.69, 9.17) is 5.53 Å². The number of nitrogens with zero attached hydrogens (tertiary/aromatic N) is 4. The van der Waals surface area contributed by atoms with Gasteiger partial charge in [0.15, 0.2) is 9.84 Å². The van der Waals surface area contributed by atoms with Crippen molar-refractivity contribution in [2.24, 2.45) is 11.0 Å². The highest BCUT2D eigenvalue weighted by atomic mass is 32.2. The Morgan fingerprint density at radius 1 is 1.16 bits per heavy atom. The molecule has 12 heteroatoms. The number of carbonyl (C=O) groups is 1. The number of hydrogen-bond donors (Lipinski definition) is 0. The third kappa shape index (κ3) is 6.36. The lowest BCUT2D eigenvalue weighted by Crippen LogP contribution is -2.50. The molecular weight excluding hydrogens is 537 g/mol. The first-order chi connectivity index (χ1) is 18.0. The molecule has 0 radical (unpaired) electrons. The number of rotatable bonds is 7. The van der Waals surface area contributed by atoms with Crippen molar-refractivity contribution in [3.8, 4) is 0 Å². The van der Waals surface area contributed by atoms with E-state index in [1.54, 1.807) is 35.2 Å². The maximum Gasteiger partial charge on any atom is 0.416 e. The van der Waals surface area contributed by atoms with E-state index in [0.29, 0.717) is 36.8 Å². The molecule has 1 heterocycles. The first-order valence-electron chi connectivity index (χ1n) is 12.1. The molecule has 38 heavy (non-hydrogen) atoms. The van der Waals surface area contributed by atoms with Crippen molar-refractivity contribution in [3.63, 3.8) is 0 Å². The molecule has 0 saturated heterocycles. The Hall–Kier alpha value is -2.95. The molecule has 0 bridgehead atoms. The minimum Gasteiger partial charge on any atom is -0.336 e. The van der Waals surface area contributed by atoms with E-state index >= 15 is 0 Å². The van der Waals surface area contributed by atoms with Gasteiger partial charge < -0.3 is 4.90 Å². The fourth-order valence-corrected chi connectivity index (χ4v) is 7.33. The van der Waals surface area contributed by atoms with Gasteiger partial charge in [0.1, 0.15) is 0 Å². The monoisotopic (exact) mass is 564 g/mol. The van der Waals surface area contributed by atoms with Crippen LogP contribution in [0.2, 0.25) is 0 Å². The highest BCUT2D eigenvalue weighted by Crippen LogP contribution is 2.37. The fourth-order valence-electron chi connectivity index (χ4n) is 5.26. The molecule has 0 spiro atoms. The predicted octanol–water partition coefficient (Wildman–Crippen LogP) is 6.36. The molecule has 0 aromatic heterocycles. The van der Waals surface area contributed by atoms with Gasteiger partial charge in [0, 0.05) is 34.5 Å². The summed E-state index contributed by atoms with van der Waals surface area (Å²) in [5, 5.41) is 3.81. The van der Waals surface area contributed by atoms with Gasteiger partial charge in [0.25, 0.3) is 0 Å². The van der Waals surface area contributed by atoms with Gasteiger partial charge in [-0.3, -0.25) is 4.79 Å². The summed E-state index contributed by atoms with van der Waals surface area (Å²) in [4.78, 5) is 18.9. The second kappa shape index (κ2) is 11.4. The zero-order chi connectivity index (χ0) is 27.5. The maximum absolute atomic E-state index is 13.3. The highest BCUT2D eigenvalue weighted by molar-refractivity contribution is 7.98. The van der Waals surface area contributed by atoms with Crippen LogP contribution in [0, 0.1) is 5.92 Å². The van der Waals surface area contributed by atoms with Gasteiger partial charge in [-0.15, -0.1) is 11.8 Å². The number of azide groups is 1. The van der Waals surface area contributed by atoms with Gasteiger partial charge in [0.2, 0.25) is 5.91 Å². The first-order valence-corrected chi connectivity index (χ1v) is 15.0. The molecule has 7 nitrogen and oxygen atoms in total. The molecule has 4 rings (SSSR count). The molecule has 2 aromatic rings. The van der Waals surface area contributed by atoms with E-state index in [-0.39, 0.29) is 29.1 Å². The Morgan fingerprint density at radius 3 is 2.53 bits per heavy atom. The van der Waals surface area contributed by atoms with Crippen LogP contribution in [0.4, 0.5) is 13.2 Å². The third-order valence-electron chi connectivity index (χ3n) is 7.15. The number of hydrogen-bond acceptors (Lipinski definition) is 5. The van der Waals surface area contributed by atoms with E-state index in [1.807, 2.05) is 6.26 Å². The van der Waals surface area contributed by atoms with Crippen LogP contribution in [0.3, 0.4) is 0 Å². The van der Waals surface area contributed by atoms with Crippen LogP contribution < -0.4 is 0 Å². The third-order valence-corrected chi connectivity index (χ3v) is 9.75. The van der Waals surface area contributed by atoms with Crippen LogP contribution in [-0.4, -0.2) is 49.9 Å². The summed E-state index contributed by atoms with van der Waals surface area (Å²) in [6.45, 7) is 0.261. The van der Waals surface area contributed by atoms with Crippen LogP contribution in [-0.2, 0) is 20.8 Å². The minimum absolute atomic E-state index is 0.191. The van der Waals surface area contributed by atoms with Gasteiger partial charge in [-0.1, -0.05) is 17.2 Å². The highest BCUT2D eigenvalue weighted by Gasteiger charge is 2.39. The second-order valence-corrected chi connectivity index (χ2v) is 12.4. The van der Waals surface area contributed by atoms with Gasteiger partial charge in [-0.25, -0.2) is 8.42 Å². The van der Waals surface area contributed by atoms with Crippen LogP contribution in [0.25, 0.3) is 16.0 Å². The Balaban J connectivity index is 1.58. The summed E-state index contributed by atoms with van der Waals surface area (Å²) in [7, 11) is -3.69. The number of amides is 1. The van der Waals surface area contributed by atoms with Crippen molar-refractivity contribution in [2.75, 3.05) is 18.6 Å². The summed E-state index contributed by atoms with van der Waals surface area (Å²) in [6, 6.07) is 10.8. The molecular formula is C26H27F3N4O3S2. The molecule has 3 atom stereocenters. The largest absolute Gasteiger partial charge is 0.416 e. The van der Waals surface area contributed by atoms with Crippen molar-refractivity contribution in [1.82, 2.24) is 4.90 Å². The number of benzene rings is 2. The number of thioether (sulfide) groups is 1. The summed E-state index contributed by atoms with van der Waals surface area (Å²) in [5.74, 6) is -1.03. The minimum atomic E-state index is -4.49. The smallest absolute Gasteiger partial charge is 0.336 e. The topological polar surface area (TPSA) is 103 Å². The molecule has 1 amide bonds. The summed E-state index contributed by atoms with van der Waals surface area (Å²) in [6.07, 6.45) is 0.416. The lowest BCUT2D eigenvalue weighted by Gasteiger charge is -2.42. The molecule has 1 aliphatic carbocycles.